The fourth-order valence-corrected chi connectivity index (χ4v) is 5.48. The fourth-order valence-electron chi connectivity index (χ4n) is 5.48. The topological polar surface area (TPSA) is 82.1 Å². The van der Waals surface area contributed by atoms with Crippen molar-refractivity contribution < 1.29 is 29.2 Å². The lowest BCUT2D eigenvalue weighted by Gasteiger charge is -2.15. The molecule has 244 valence electrons. The van der Waals surface area contributed by atoms with Gasteiger partial charge in [-0.15, -0.1) is 0 Å². The van der Waals surface area contributed by atoms with E-state index in [0.717, 1.165) is 43.2 Å². The van der Waals surface area contributed by atoms with E-state index in [1.807, 2.05) is 36.4 Å². The highest BCUT2D eigenvalue weighted by atomic mass is 17.2. The van der Waals surface area contributed by atoms with Gasteiger partial charge in [-0.1, -0.05) is 134 Å². The summed E-state index contributed by atoms with van der Waals surface area (Å²) in [5.41, 5.74) is 3.24. The van der Waals surface area contributed by atoms with Crippen LogP contribution in [0.2, 0.25) is 0 Å². The highest BCUT2D eigenvalue weighted by molar-refractivity contribution is 6.01. The normalized spacial score (nSPS) is 11.0. The van der Waals surface area contributed by atoms with Crippen LogP contribution in [0, 0.1) is 0 Å². The Bertz CT molecular complexity index is 1290. The molecule has 6 nitrogen and oxygen atoms in total. The molecule has 0 radical (unpaired) electrons. The van der Waals surface area contributed by atoms with Gasteiger partial charge in [-0.25, -0.2) is 9.59 Å². The van der Waals surface area contributed by atoms with Crippen molar-refractivity contribution in [3.8, 4) is 28.0 Å². The number of carboxylic acid groups (broad SMARTS) is 1. The fraction of sp³-hybridized carbons (Fsp3) is 0.487. The Kier molecular flexibility index (Phi) is 16.8. The van der Waals surface area contributed by atoms with Crippen molar-refractivity contribution in [2.45, 2.75) is 110 Å². The molecule has 0 aliphatic carbocycles. The molecule has 3 aromatic carbocycles. The molecule has 0 unspecified atom stereocenters. The Morgan fingerprint density at radius 3 is 1.80 bits per heavy atom. The Labute approximate surface area is 270 Å². The number of hydrogen-bond donors (Lipinski definition) is 1. The number of hydrogen-bond acceptors (Lipinski definition) is 5. The molecule has 0 saturated heterocycles. The van der Waals surface area contributed by atoms with Crippen LogP contribution in [-0.4, -0.2) is 30.3 Å². The Morgan fingerprint density at radius 2 is 1.18 bits per heavy atom. The molecule has 3 aromatic rings. The summed E-state index contributed by atoms with van der Waals surface area (Å²) >= 11 is 0. The molecular weight excluding hydrogens is 564 g/mol. The number of unbranched alkanes of at least 4 members (excludes halogenated alkanes) is 13. The van der Waals surface area contributed by atoms with Crippen LogP contribution in [0.4, 0.5) is 0 Å². The average Bonchev–Trinajstić information content (AvgIpc) is 3.06. The van der Waals surface area contributed by atoms with Crippen LogP contribution in [0.1, 0.15) is 131 Å². The molecule has 45 heavy (non-hydrogen) atoms. The van der Waals surface area contributed by atoms with Gasteiger partial charge in [0.2, 0.25) is 0 Å². The second kappa shape index (κ2) is 21.2. The molecular formula is C39H52O6. The quantitative estimate of drug-likeness (QED) is 0.0648. The number of aromatic carboxylic acids is 1. The van der Waals surface area contributed by atoms with Crippen LogP contribution in [0.25, 0.3) is 22.3 Å². The highest BCUT2D eigenvalue weighted by Crippen LogP contribution is 2.36. The lowest BCUT2D eigenvalue weighted by molar-refractivity contribution is -0.241. The summed E-state index contributed by atoms with van der Waals surface area (Å²) in [7, 11) is 0. The monoisotopic (exact) mass is 616 g/mol. The van der Waals surface area contributed by atoms with Crippen molar-refractivity contribution in [1.29, 1.82) is 0 Å². The molecule has 3 rings (SSSR count). The van der Waals surface area contributed by atoms with Gasteiger partial charge in [0, 0.05) is 0 Å². The van der Waals surface area contributed by atoms with Gasteiger partial charge in [-0.2, -0.15) is 4.89 Å². The van der Waals surface area contributed by atoms with Crippen LogP contribution in [0.3, 0.4) is 0 Å². The van der Waals surface area contributed by atoms with Gasteiger partial charge in [0.25, 0.3) is 0 Å². The number of carbonyl (C=O) groups is 2. The van der Waals surface area contributed by atoms with Crippen molar-refractivity contribution in [3.05, 3.63) is 77.9 Å². The van der Waals surface area contributed by atoms with Crippen LogP contribution in [0.15, 0.2) is 66.7 Å². The number of benzene rings is 3. The van der Waals surface area contributed by atoms with Crippen molar-refractivity contribution in [2.75, 3.05) is 13.2 Å². The van der Waals surface area contributed by atoms with Gasteiger partial charge in [0.15, 0.2) is 0 Å². The van der Waals surface area contributed by atoms with E-state index in [4.69, 9.17) is 14.5 Å². The first-order valence-electron chi connectivity index (χ1n) is 17.1. The van der Waals surface area contributed by atoms with E-state index >= 15 is 0 Å². The Morgan fingerprint density at radius 1 is 0.600 bits per heavy atom. The van der Waals surface area contributed by atoms with E-state index < -0.39 is 11.9 Å². The SMILES string of the molecule is CCCCCCCCCCOOC(=O)c1ccc(-c2ccccc2)c(-c2ccc(OCCCCCCCCC)cc2C(=O)O)c1. The van der Waals surface area contributed by atoms with Gasteiger partial charge in [-0.05, 0) is 65.4 Å². The maximum Gasteiger partial charge on any atom is 0.373 e. The minimum absolute atomic E-state index is 0.112. The minimum atomic E-state index is -1.06. The summed E-state index contributed by atoms with van der Waals surface area (Å²) in [6, 6.07) is 20.1. The first-order chi connectivity index (χ1) is 22.0. The van der Waals surface area contributed by atoms with Gasteiger partial charge in [0.1, 0.15) is 5.75 Å². The third-order valence-corrected chi connectivity index (χ3v) is 8.08. The van der Waals surface area contributed by atoms with Gasteiger partial charge < -0.3 is 9.84 Å². The second-order valence-corrected chi connectivity index (χ2v) is 11.8. The summed E-state index contributed by atoms with van der Waals surface area (Å²) in [4.78, 5) is 35.8. The van der Waals surface area contributed by atoms with Gasteiger partial charge in [-0.3, -0.25) is 4.89 Å². The molecule has 0 aliphatic heterocycles. The molecule has 0 aromatic heterocycles. The lowest BCUT2D eigenvalue weighted by Crippen LogP contribution is -2.08. The number of rotatable bonds is 23. The summed E-state index contributed by atoms with van der Waals surface area (Å²) < 4.78 is 5.94. The van der Waals surface area contributed by atoms with Crippen LogP contribution >= 0.6 is 0 Å². The van der Waals surface area contributed by atoms with E-state index in [1.54, 1.807) is 30.3 Å². The van der Waals surface area contributed by atoms with E-state index in [2.05, 4.69) is 13.8 Å². The Balaban J connectivity index is 1.68. The summed E-state index contributed by atoms with van der Waals surface area (Å²) in [5.74, 6) is -1.15. The van der Waals surface area contributed by atoms with Crippen LogP contribution < -0.4 is 4.74 Å². The maximum absolute atomic E-state index is 12.9. The third-order valence-electron chi connectivity index (χ3n) is 8.08. The molecule has 6 heteroatoms. The molecule has 0 spiro atoms. The number of ether oxygens (including phenoxy) is 1. The lowest BCUT2D eigenvalue weighted by atomic mass is 9.90. The maximum atomic E-state index is 12.9. The van der Waals surface area contributed by atoms with Crippen molar-refractivity contribution >= 4 is 11.9 Å². The molecule has 0 bridgehead atoms. The molecule has 0 fully saturated rings. The smallest absolute Gasteiger partial charge is 0.373 e. The van der Waals surface area contributed by atoms with E-state index in [1.165, 1.54) is 64.2 Å². The second-order valence-electron chi connectivity index (χ2n) is 11.8. The molecule has 0 amide bonds. The van der Waals surface area contributed by atoms with E-state index in [9.17, 15) is 14.7 Å². The molecule has 0 saturated carbocycles. The first kappa shape index (κ1) is 35.8. The average molecular weight is 617 g/mol. The van der Waals surface area contributed by atoms with Crippen molar-refractivity contribution in [1.82, 2.24) is 0 Å². The highest BCUT2D eigenvalue weighted by Gasteiger charge is 2.20. The zero-order chi connectivity index (χ0) is 32.1. The first-order valence-corrected chi connectivity index (χ1v) is 17.1. The summed E-state index contributed by atoms with van der Waals surface area (Å²) in [6.07, 6.45) is 17.6. The predicted octanol–water partition coefficient (Wildman–Crippen LogP) is 11.1. The number of carbonyl (C=O) groups excluding carboxylic acids is 1. The Hall–Kier alpha value is -3.64. The minimum Gasteiger partial charge on any atom is -0.494 e. The van der Waals surface area contributed by atoms with Crippen molar-refractivity contribution in [2.24, 2.45) is 0 Å². The van der Waals surface area contributed by atoms with Gasteiger partial charge in [0.05, 0.1) is 24.3 Å². The predicted molar refractivity (Wildman–Crippen MR) is 182 cm³/mol. The van der Waals surface area contributed by atoms with Gasteiger partial charge >= 0.3 is 11.9 Å². The van der Waals surface area contributed by atoms with Crippen LogP contribution in [-0.2, 0) is 9.78 Å². The standard InChI is InChI=1S/C39H52O6/c1-3-5-7-9-11-13-15-20-28-44-45-39(42)32-23-25-34(31-21-17-16-18-22-31)36(29-32)35-26-24-33(30-37(35)38(40)41)43-27-19-14-12-10-8-6-4-2/h16-18,21-26,29-30H,3-15,19-20,27-28H2,1-2H3,(H,40,41). The largest absolute Gasteiger partial charge is 0.494 e. The summed E-state index contributed by atoms with van der Waals surface area (Å²) in [5, 5.41) is 10.2. The molecule has 0 heterocycles. The van der Waals surface area contributed by atoms with Crippen molar-refractivity contribution in [3.63, 3.8) is 0 Å². The molecule has 1 N–H and O–H groups in total. The zero-order valence-electron chi connectivity index (χ0n) is 27.4. The van der Waals surface area contributed by atoms with Crippen LogP contribution in [0.5, 0.6) is 5.75 Å². The zero-order valence-corrected chi connectivity index (χ0v) is 27.4. The molecule has 0 atom stereocenters. The number of carboxylic acids is 1. The van der Waals surface area contributed by atoms with E-state index in [0.29, 0.717) is 30.1 Å². The summed E-state index contributed by atoms with van der Waals surface area (Å²) in [6.45, 7) is 5.32. The third kappa shape index (κ3) is 12.7. The molecule has 0 aliphatic rings. The van der Waals surface area contributed by atoms with E-state index in [-0.39, 0.29) is 11.1 Å².